The largest absolute Gasteiger partial charge is 0.344 e. The second-order valence-electron chi connectivity index (χ2n) is 6.47. The standard InChI is InChI=1S/C17H35Cl3Si/c1-3-4-5-6-7-8-9-10-11-12-13-14-15-16-17(2)21(18,19)20/h17H,3-16H2,1-2H3. The zero-order valence-electron chi connectivity index (χ0n) is 14.1. The minimum atomic E-state index is -2.45. The Bertz CT molecular complexity index is 217. The maximum absolute atomic E-state index is 6.00. The normalized spacial score (nSPS) is 13.6. The Labute approximate surface area is 148 Å². The maximum Gasteiger partial charge on any atom is 0.344 e. The molecule has 128 valence electrons. The predicted octanol–water partition coefficient (Wildman–Crippen LogP) is 8.51. The van der Waals surface area contributed by atoms with Crippen molar-refractivity contribution in [3.63, 3.8) is 0 Å². The van der Waals surface area contributed by atoms with E-state index >= 15 is 0 Å². The smallest absolute Gasteiger partial charge is 0.126 e. The zero-order chi connectivity index (χ0) is 16.0. The van der Waals surface area contributed by atoms with Gasteiger partial charge in [-0.15, -0.1) is 33.2 Å². The van der Waals surface area contributed by atoms with E-state index in [1.807, 2.05) is 0 Å². The van der Waals surface area contributed by atoms with Crippen molar-refractivity contribution in [1.29, 1.82) is 0 Å². The van der Waals surface area contributed by atoms with Gasteiger partial charge in [-0.1, -0.05) is 97.3 Å². The van der Waals surface area contributed by atoms with Gasteiger partial charge >= 0.3 is 6.00 Å². The Kier molecular flexibility index (Phi) is 15.4. The molecular weight excluding hydrogens is 339 g/mol. The molecule has 0 aromatic carbocycles. The minimum Gasteiger partial charge on any atom is -0.126 e. The van der Waals surface area contributed by atoms with Gasteiger partial charge in [-0.05, 0) is 12.0 Å². The predicted molar refractivity (Wildman–Crippen MR) is 103 cm³/mol. The first-order chi connectivity index (χ1) is 9.98. The van der Waals surface area contributed by atoms with Crippen LogP contribution in [-0.2, 0) is 0 Å². The van der Waals surface area contributed by atoms with Gasteiger partial charge in [-0.25, -0.2) is 0 Å². The first-order valence-corrected chi connectivity index (χ1v) is 14.2. The second kappa shape index (κ2) is 14.7. The highest BCUT2D eigenvalue weighted by Crippen LogP contribution is 2.37. The van der Waals surface area contributed by atoms with E-state index in [1.165, 1.54) is 83.5 Å². The van der Waals surface area contributed by atoms with Gasteiger partial charge in [-0.2, -0.15) is 0 Å². The summed E-state index contributed by atoms with van der Waals surface area (Å²) in [4.78, 5) is 0. The van der Waals surface area contributed by atoms with Crippen LogP contribution in [0.4, 0.5) is 0 Å². The highest BCUT2D eigenvalue weighted by molar-refractivity contribution is 7.65. The van der Waals surface area contributed by atoms with Crippen LogP contribution < -0.4 is 0 Å². The third-order valence-corrected chi connectivity index (χ3v) is 9.06. The van der Waals surface area contributed by atoms with Crippen LogP contribution in [0.25, 0.3) is 0 Å². The zero-order valence-corrected chi connectivity index (χ0v) is 17.4. The molecule has 0 radical (unpaired) electrons. The highest BCUT2D eigenvalue weighted by atomic mass is 35.8. The van der Waals surface area contributed by atoms with E-state index in [0.717, 1.165) is 6.42 Å². The van der Waals surface area contributed by atoms with E-state index in [2.05, 4.69) is 13.8 Å². The topological polar surface area (TPSA) is 0 Å². The molecule has 0 aliphatic carbocycles. The Morgan fingerprint density at radius 2 is 0.952 bits per heavy atom. The average Bonchev–Trinajstić information content (AvgIpc) is 2.42. The summed E-state index contributed by atoms with van der Waals surface area (Å²) in [5, 5.41) is 0. The molecule has 0 nitrogen and oxygen atoms in total. The van der Waals surface area contributed by atoms with Crippen molar-refractivity contribution < 1.29 is 0 Å². The lowest BCUT2D eigenvalue weighted by Gasteiger charge is -2.16. The summed E-state index contributed by atoms with van der Waals surface area (Å²) >= 11 is 18.0. The lowest BCUT2D eigenvalue weighted by atomic mass is 10.0. The fraction of sp³-hybridized carbons (Fsp3) is 1.00. The molecule has 1 atom stereocenters. The highest BCUT2D eigenvalue weighted by Gasteiger charge is 2.32. The summed E-state index contributed by atoms with van der Waals surface area (Å²) in [7, 11) is 0. The molecule has 21 heavy (non-hydrogen) atoms. The molecule has 0 N–H and O–H groups in total. The Morgan fingerprint density at radius 1 is 0.619 bits per heavy atom. The van der Waals surface area contributed by atoms with E-state index in [4.69, 9.17) is 33.2 Å². The second-order valence-corrected chi connectivity index (χ2v) is 15.6. The van der Waals surface area contributed by atoms with E-state index < -0.39 is 6.00 Å². The van der Waals surface area contributed by atoms with Crippen LogP contribution in [0.2, 0.25) is 5.54 Å². The quantitative estimate of drug-likeness (QED) is 0.153. The van der Waals surface area contributed by atoms with Crippen molar-refractivity contribution >= 4 is 39.2 Å². The molecular formula is C17H35Cl3Si. The molecule has 0 amide bonds. The van der Waals surface area contributed by atoms with Gasteiger partial charge in [0.25, 0.3) is 0 Å². The molecule has 0 aromatic rings. The van der Waals surface area contributed by atoms with Gasteiger partial charge in [-0.3, -0.25) is 0 Å². The first-order valence-electron chi connectivity index (χ1n) is 9.05. The van der Waals surface area contributed by atoms with E-state index in [0.29, 0.717) is 5.54 Å². The number of hydrogen-bond acceptors (Lipinski definition) is 0. The van der Waals surface area contributed by atoms with Crippen LogP contribution in [0.5, 0.6) is 0 Å². The summed E-state index contributed by atoms with van der Waals surface area (Å²) < 4.78 is 0. The van der Waals surface area contributed by atoms with Gasteiger partial charge in [0.1, 0.15) is 0 Å². The summed E-state index contributed by atoms with van der Waals surface area (Å²) in [6.07, 6.45) is 19.1. The SMILES string of the molecule is CCCCCCCCCCCCCCCC(C)[Si](Cl)(Cl)Cl. The molecule has 0 aliphatic heterocycles. The van der Waals surface area contributed by atoms with Crippen LogP contribution in [-0.4, -0.2) is 6.00 Å². The molecule has 0 heterocycles. The van der Waals surface area contributed by atoms with Crippen LogP contribution >= 0.6 is 33.2 Å². The summed E-state index contributed by atoms with van der Waals surface area (Å²) in [5.41, 5.74) is 0.301. The average molecular weight is 374 g/mol. The fourth-order valence-electron chi connectivity index (χ4n) is 2.63. The lowest BCUT2D eigenvalue weighted by Crippen LogP contribution is -2.16. The van der Waals surface area contributed by atoms with Crippen molar-refractivity contribution in [3.05, 3.63) is 0 Å². The molecule has 0 aliphatic rings. The monoisotopic (exact) mass is 372 g/mol. The van der Waals surface area contributed by atoms with Gasteiger partial charge in [0.05, 0.1) is 0 Å². The molecule has 0 saturated carbocycles. The summed E-state index contributed by atoms with van der Waals surface area (Å²) in [6, 6.07) is -2.45. The van der Waals surface area contributed by atoms with Crippen molar-refractivity contribution in [1.82, 2.24) is 0 Å². The Hall–Kier alpha value is 1.09. The van der Waals surface area contributed by atoms with Gasteiger partial charge in [0.2, 0.25) is 0 Å². The fourth-order valence-corrected chi connectivity index (χ4v) is 4.15. The molecule has 1 unspecified atom stereocenters. The molecule has 0 fully saturated rings. The van der Waals surface area contributed by atoms with Crippen molar-refractivity contribution in [2.24, 2.45) is 0 Å². The lowest BCUT2D eigenvalue weighted by molar-refractivity contribution is 0.534. The van der Waals surface area contributed by atoms with Gasteiger partial charge in [0.15, 0.2) is 0 Å². The van der Waals surface area contributed by atoms with Crippen LogP contribution in [0.15, 0.2) is 0 Å². The number of halogens is 3. The van der Waals surface area contributed by atoms with Gasteiger partial charge in [0, 0.05) is 0 Å². The van der Waals surface area contributed by atoms with Crippen molar-refractivity contribution in [2.45, 2.75) is 109 Å². The molecule has 4 heteroatoms. The summed E-state index contributed by atoms with van der Waals surface area (Å²) in [5.74, 6) is 0. The molecule has 0 aromatic heterocycles. The van der Waals surface area contributed by atoms with Crippen LogP contribution in [0.3, 0.4) is 0 Å². The Morgan fingerprint density at radius 3 is 1.29 bits per heavy atom. The third-order valence-electron chi connectivity index (χ3n) is 4.30. The first kappa shape index (κ1) is 22.1. The number of rotatable bonds is 15. The number of unbranched alkanes of at least 4 members (excludes halogenated alkanes) is 12. The van der Waals surface area contributed by atoms with Crippen molar-refractivity contribution in [3.8, 4) is 0 Å². The third kappa shape index (κ3) is 15.7. The maximum atomic E-state index is 6.00. The van der Waals surface area contributed by atoms with Crippen LogP contribution in [0.1, 0.15) is 104 Å². The molecule has 0 saturated heterocycles. The Balaban J connectivity index is 3.13. The number of hydrogen-bond donors (Lipinski definition) is 0. The van der Waals surface area contributed by atoms with Crippen molar-refractivity contribution in [2.75, 3.05) is 0 Å². The molecule has 0 bridgehead atoms. The summed E-state index contributed by atoms with van der Waals surface area (Å²) in [6.45, 7) is 4.36. The van der Waals surface area contributed by atoms with Gasteiger partial charge < -0.3 is 0 Å². The van der Waals surface area contributed by atoms with E-state index in [-0.39, 0.29) is 0 Å². The van der Waals surface area contributed by atoms with E-state index in [1.54, 1.807) is 0 Å². The van der Waals surface area contributed by atoms with E-state index in [9.17, 15) is 0 Å². The molecule has 0 rings (SSSR count). The van der Waals surface area contributed by atoms with Crippen LogP contribution in [0, 0.1) is 0 Å². The molecule has 0 spiro atoms. The minimum absolute atomic E-state index is 0.301.